The van der Waals surface area contributed by atoms with Crippen molar-refractivity contribution in [1.82, 2.24) is 14.9 Å². The third kappa shape index (κ3) is 3.35. The molecule has 3 rings (SSSR count). The second-order valence-electron chi connectivity index (χ2n) is 6.30. The van der Waals surface area contributed by atoms with Gasteiger partial charge in [-0.15, -0.1) is 11.3 Å². The highest BCUT2D eigenvalue weighted by Gasteiger charge is 2.19. The number of nitrogens with zero attached hydrogens (tertiary/aromatic N) is 3. The number of carbonyl (C=O) groups excluding carboxylic acids is 1. The molecule has 3 aromatic rings. The first-order chi connectivity index (χ1) is 11.9. The first kappa shape index (κ1) is 17.4. The predicted molar refractivity (Wildman–Crippen MR) is 104 cm³/mol. The van der Waals surface area contributed by atoms with Crippen molar-refractivity contribution in [3.63, 3.8) is 0 Å². The summed E-state index contributed by atoms with van der Waals surface area (Å²) in [6, 6.07) is 8.11. The van der Waals surface area contributed by atoms with Gasteiger partial charge < -0.3 is 10.6 Å². The van der Waals surface area contributed by atoms with E-state index in [1.54, 1.807) is 4.90 Å². The molecule has 1 amide bonds. The van der Waals surface area contributed by atoms with Crippen LogP contribution in [-0.4, -0.2) is 34.4 Å². The molecular formula is C19H22N4OS. The van der Waals surface area contributed by atoms with Gasteiger partial charge in [-0.05, 0) is 31.9 Å². The summed E-state index contributed by atoms with van der Waals surface area (Å²) >= 11 is 1.37. The van der Waals surface area contributed by atoms with Crippen LogP contribution in [0.1, 0.15) is 34.1 Å². The number of rotatable bonds is 4. The summed E-state index contributed by atoms with van der Waals surface area (Å²) in [7, 11) is 1.82. The second kappa shape index (κ2) is 6.80. The van der Waals surface area contributed by atoms with Gasteiger partial charge in [0.1, 0.15) is 4.83 Å². The Balaban J connectivity index is 2.15. The Hall–Kier alpha value is -2.47. The molecule has 2 aromatic heterocycles. The lowest BCUT2D eigenvalue weighted by Crippen LogP contribution is -2.26. The van der Waals surface area contributed by atoms with Gasteiger partial charge in [-0.1, -0.05) is 30.7 Å². The van der Waals surface area contributed by atoms with Crippen LogP contribution >= 0.6 is 11.3 Å². The molecule has 25 heavy (non-hydrogen) atoms. The summed E-state index contributed by atoms with van der Waals surface area (Å²) in [5, 5.41) is 0.874. The Morgan fingerprint density at radius 1 is 1.24 bits per heavy atom. The fourth-order valence-electron chi connectivity index (χ4n) is 2.95. The third-order valence-corrected chi connectivity index (χ3v) is 5.18. The van der Waals surface area contributed by atoms with Crippen molar-refractivity contribution in [2.24, 2.45) is 0 Å². The number of benzene rings is 1. The minimum absolute atomic E-state index is 0.00926. The van der Waals surface area contributed by atoms with Gasteiger partial charge in [0.05, 0.1) is 10.6 Å². The highest BCUT2D eigenvalue weighted by Crippen LogP contribution is 2.34. The molecule has 1 aromatic carbocycles. The molecule has 5 nitrogen and oxygen atoms in total. The van der Waals surface area contributed by atoms with Crippen LogP contribution in [0.5, 0.6) is 0 Å². The van der Waals surface area contributed by atoms with Crippen molar-refractivity contribution in [2.75, 3.05) is 19.3 Å². The molecule has 0 aliphatic carbocycles. The van der Waals surface area contributed by atoms with E-state index in [-0.39, 0.29) is 11.9 Å². The summed E-state index contributed by atoms with van der Waals surface area (Å²) in [6.07, 6.45) is 0.924. The van der Waals surface area contributed by atoms with E-state index in [4.69, 9.17) is 5.73 Å². The maximum absolute atomic E-state index is 12.6. The van der Waals surface area contributed by atoms with Crippen LogP contribution in [0.2, 0.25) is 0 Å². The van der Waals surface area contributed by atoms with E-state index in [2.05, 4.69) is 42.9 Å². The zero-order chi connectivity index (χ0) is 18.1. The van der Waals surface area contributed by atoms with Crippen molar-refractivity contribution >= 4 is 33.4 Å². The minimum Gasteiger partial charge on any atom is -0.368 e. The zero-order valence-corrected chi connectivity index (χ0v) is 15.8. The van der Waals surface area contributed by atoms with Gasteiger partial charge in [0.2, 0.25) is 5.95 Å². The third-order valence-electron chi connectivity index (χ3n) is 4.16. The molecule has 0 spiro atoms. The fraction of sp³-hybridized carbons (Fsp3) is 0.316. The summed E-state index contributed by atoms with van der Waals surface area (Å²) in [6.45, 7) is 6.90. The number of aryl methyl sites for hydroxylation is 2. The number of hydrogen-bond acceptors (Lipinski definition) is 5. The lowest BCUT2D eigenvalue weighted by molar-refractivity contribution is 0.0800. The molecule has 6 heteroatoms. The van der Waals surface area contributed by atoms with Gasteiger partial charge >= 0.3 is 0 Å². The summed E-state index contributed by atoms with van der Waals surface area (Å²) < 4.78 is 0. The maximum atomic E-state index is 12.6. The van der Waals surface area contributed by atoms with Crippen LogP contribution in [0.25, 0.3) is 21.5 Å². The van der Waals surface area contributed by atoms with Crippen molar-refractivity contribution < 1.29 is 4.79 Å². The Bertz CT molecular complexity index is 948. The van der Waals surface area contributed by atoms with Gasteiger partial charge in [0, 0.05) is 24.5 Å². The number of anilines is 1. The molecular weight excluding hydrogens is 332 g/mol. The van der Waals surface area contributed by atoms with E-state index in [1.165, 1.54) is 16.9 Å². The number of hydrogen-bond donors (Lipinski definition) is 1. The molecule has 0 radical (unpaired) electrons. The van der Waals surface area contributed by atoms with Gasteiger partial charge in [-0.2, -0.15) is 0 Å². The monoisotopic (exact) mass is 354 g/mol. The van der Waals surface area contributed by atoms with Crippen molar-refractivity contribution in [3.05, 3.63) is 40.3 Å². The minimum atomic E-state index is 0.00926. The molecule has 0 saturated heterocycles. The predicted octanol–water partition coefficient (Wildman–Crippen LogP) is 4.04. The molecule has 0 fully saturated rings. The molecule has 2 N–H and O–H groups in total. The van der Waals surface area contributed by atoms with E-state index < -0.39 is 0 Å². The number of nitrogens with two attached hydrogens (primary N) is 1. The maximum Gasteiger partial charge on any atom is 0.263 e. The van der Waals surface area contributed by atoms with Crippen LogP contribution in [0, 0.1) is 13.8 Å². The summed E-state index contributed by atoms with van der Waals surface area (Å²) in [5.41, 5.74) is 10.0. The smallest absolute Gasteiger partial charge is 0.263 e. The molecule has 130 valence electrons. The van der Waals surface area contributed by atoms with Gasteiger partial charge in [0.25, 0.3) is 5.91 Å². The second-order valence-corrected chi connectivity index (χ2v) is 7.34. The van der Waals surface area contributed by atoms with Gasteiger partial charge in [0.15, 0.2) is 0 Å². The first-order valence-electron chi connectivity index (χ1n) is 8.31. The zero-order valence-electron chi connectivity index (χ0n) is 15.0. The number of aromatic nitrogens is 2. The van der Waals surface area contributed by atoms with E-state index in [0.717, 1.165) is 40.0 Å². The number of fused-ring (bicyclic) bond motifs is 1. The van der Waals surface area contributed by atoms with Crippen LogP contribution in [0.15, 0.2) is 24.3 Å². The Labute approximate surface area is 151 Å². The Kier molecular flexibility index (Phi) is 4.72. The lowest BCUT2D eigenvalue weighted by atomic mass is 10.0. The SMILES string of the molecule is CCCN(C)C(=O)c1cc2c(-c3ccc(C)cc3C)nc(N)nc2s1. The van der Waals surface area contributed by atoms with Gasteiger partial charge in [-0.25, -0.2) is 9.97 Å². The van der Waals surface area contributed by atoms with E-state index in [1.807, 2.05) is 19.2 Å². The van der Waals surface area contributed by atoms with E-state index >= 15 is 0 Å². The highest BCUT2D eigenvalue weighted by atomic mass is 32.1. The topological polar surface area (TPSA) is 72.1 Å². The van der Waals surface area contributed by atoms with Crippen LogP contribution in [0.3, 0.4) is 0 Å². The number of thiophene rings is 1. The van der Waals surface area contributed by atoms with Gasteiger partial charge in [-0.3, -0.25) is 4.79 Å². The molecule has 0 aliphatic heterocycles. The lowest BCUT2D eigenvalue weighted by Gasteiger charge is -2.14. The molecule has 2 heterocycles. The average molecular weight is 354 g/mol. The number of carbonyl (C=O) groups is 1. The molecule has 0 aliphatic rings. The summed E-state index contributed by atoms with van der Waals surface area (Å²) in [5.74, 6) is 0.236. The van der Waals surface area contributed by atoms with Crippen molar-refractivity contribution in [3.8, 4) is 11.3 Å². The quantitative estimate of drug-likeness (QED) is 0.767. The number of nitrogen functional groups attached to an aromatic ring is 1. The highest BCUT2D eigenvalue weighted by molar-refractivity contribution is 7.20. The number of amides is 1. The van der Waals surface area contributed by atoms with Crippen LogP contribution < -0.4 is 5.73 Å². The van der Waals surface area contributed by atoms with Crippen LogP contribution in [-0.2, 0) is 0 Å². The van der Waals surface area contributed by atoms with E-state index in [9.17, 15) is 4.79 Å². The normalized spacial score (nSPS) is 11.0. The molecule has 0 saturated carbocycles. The molecule has 0 atom stereocenters. The van der Waals surface area contributed by atoms with E-state index in [0.29, 0.717) is 4.88 Å². The Morgan fingerprint density at radius 2 is 2.00 bits per heavy atom. The Morgan fingerprint density at radius 3 is 2.68 bits per heavy atom. The van der Waals surface area contributed by atoms with Crippen molar-refractivity contribution in [1.29, 1.82) is 0 Å². The summed E-state index contributed by atoms with van der Waals surface area (Å²) in [4.78, 5) is 24.5. The largest absolute Gasteiger partial charge is 0.368 e. The van der Waals surface area contributed by atoms with Crippen LogP contribution in [0.4, 0.5) is 5.95 Å². The fourth-order valence-corrected chi connectivity index (χ4v) is 3.99. The molecule has 0 unspecified atom stereocenters. The first-order valence-corrected chi connectivity index (χ1v) is 9.12. The van der Waals surface area contributed by atoms with Crippen molar-refractivity contribution in [2.45, 2.75) is 27.2 Å². The standard InChI is InChI=1S/C19H22N4OS/c1-5-8-23(4)18(24)15-10-14-16(21-19(20)22-17(14)25-15)13-7-6-11(2)9-12(13)3/h6-7,9-10H,5,8H2,1-4H3,(H2,20,21,22). The molecule has 0 bridgehead atoms. The average Bonchev–Trinajstić information content (AvgIpc) is 2.97.